The second kappa shape index (κ2) is 4.99. The van der Waals surface area contributed by atoms with Gasteiger partial charge in [0.25, 0.3) is 0 Å². The lowest BCUT2D eigenvalue weighted by atomic mass is 9.78. The van der Waals surface area contributed by atoms with Gasteiger partial charge in [0.1, 0.15) is 11.6 Å². The average molecular weight is 236 g/mol. The van der Waals surface area contributed by atoms with Gasteiger partial charge in [0.15, 0.2) is 0 Å². The molecule has 2 heteroatoms. The molecular weight excluding hydrogens is 218 g/mol. The van der Waals surface area contributed by atoms with Crippen molar-refractivity contribution in [1.82, 2.24) is 0 Å². The van der Waals surface area contributed by atoms with Gasteiger partial charge in [0.05, 0.1) is 0 Å². The maximum Gasteiger partial charge on any atom is 0.129 e. The van der Waals surface area contributed by atoms with Crippen LogP contribution in [0.5, 0.6) is 0 Å². The van der Waals surface area contributed by atoms with Crippen LogP contribution in [0.2, 0.25) is 0 Å². The summed E-state index contributed by atoms with van der Waals surface area (Å²) < 4.78 is 27.0. The number of halogens is 2. The molecule has 1 aliphatic carbocycles. The van der Waals surface area contributed by atoms with E-state index in [9.17, 15) is 8.78 Å². The summed E-state index contributed by atoms with van der Waals surface area (Å²) in [6.07, 6.45) is 6.14. The van der Waals surface area contributed by atoms with Gasteiger partial charge >= 0.3 is 0 Å². The summed E-state index contributed by atoms with van der Waals surface area (Å²) in [5, 5.41) is 0. The van der Waals surface area contributed by atoms with Crippen LogP contribution in [0.15, 0.2) is 24.8 Å². The lowest BCUT2D eigenvalue weighted by Crippen LogP contribution is -2.12. The Morgan fingerprint density at radius 2 is 1.65 bits per heavy atom. The monoisotopic (exact) mass is 236 g/mol. The lowest BCUT2D eigenvalue weighted by Gasteiger charge is -2.27. The maximum absolute atomic E-state index is 13.5. The highest BCUT2D eigenvalue weighted by atomic mass is 19.1. The maximum atomic E-state index is 13.5. The minimum absolute atomic E-state index is 0.119. The molecule has 0 radical (unpaired) electrons. The molecule has 0 atom stereocenters. The molecule has 0 N–H and O–H groups in total. The van der Waals surface area contributed by atoms with Gasteiger partial charge in [-0.1, -0.05) is 6.08 Å². The summed E-state index contributed by atoms with van der Waals surface area (Å²) >= 11 is 0. The molecule has 0 bridgehead atoms. The molecular formula is C15H18F2. The average Bonchev–Trinajstić information content (AvgIpc) is 2.35. The molecule has 0 spiro atoms. The highest BCUT2D eigenvalue weighted by Crippen LogP contribution is 2.36. The largest absolute Gasteiger partial charge is 0.207 e. The van der Waals surface area contributed by atoms with Gasteiger partial charge in [-0.15, -0.1) is 6.58 Å². The van der Waals surface area contributed by atoms with Crippen molar-refractivity contribution in [3.8, 4) is 0 Å². The van der Waals surface area contributed by atoms with Gasteiger partial charge in [-0.2, -0.15) is 0 Å². The van der Waals surface area contributed by atoms with Crippen molar-refractivity contribution < 1.29 is 8.78 Å². The molecule has 0 heterocycles. The van der Waals surface area contributed by atoms with E-state index in [1.165, 1.54) is 19.1 Å². The first-order chi connectivity index (χ1) is 8.11. The fourth-order valence-corrected chi connectivity index (χ4v) is 2.59. The second-order valence-electron chi connectivity index (χ2n) is 4.96. The summed E-state index contributed by atoms with van der Waals surface area (Å²) in [5.41, 5.74) is 0.932. The van der Waals surface area contributed by atoms with Crippen LogP contribution in [0.4, 0.5) is 8.78 Å². The van der Waals surface area contributed by atoms with E-state index in [1.54, 1.807) is 0 Å². The predicted octanol–water partition coefficient (Wildman–Crippen LogP) is 4.73. The second-order valence-corrected chi connectivity index (χ2v) is 4.96. The van der Waals surface area contributed by atoms with Gasteiger partial charge in [-0.25, -0.2) is 8.78 Å². The van der Waals surface area contributed by atoms with Gasteiger partial charge < -0.3 is 0 Å². The Bertz CT molecular complexity index is 392. The number of allylic oxidation sites excluding steroid dienone is 1. The van der Waals surface area contributed by atoms with E-state index < -0.39 is 11.6 Å². The summed E-state index contributed by atoms with van der Waals surface area (Å²) in [7, 11) is 0. The third-order valence-corrected chi connectivity index (χ3v) is 3.88. The highest BCUT2D eigenvalue weighted by Gasteiger charge is 2.22. The molecule has 1 fully saturated rings. The van der Waals surface area contributed by atoms with Crippen LogP contribution in [-0.4, -0.2) is 0 Å². The zero-order valence-corrected chi connectivity index (χ0v) is 10.2. The van der Waals surface area contributed by atoms with Crippen molar-refractivity contribution in [2.75, 3.05) is 0 Å². The van der Waals surface area contributed by atoms with Gasteiger partial charge in [-0.3, -0.25) is 0 Å². The van der Waals surface area contributed by atoms with Crippen molar-refractivity contribution in [2.45, 2.75) is 38.5 Å². The first-order valence-corrected chi connectivity index (χ1v) is 6.20. The SMILES string of the molecule is C=CC1CCC(c2cc(F)c(C)c(F)c2)CC1. The van der Waals surface area contributed by atoms with Crippen LogP contribution in [-0.2, 0) is 0 Å². The minimum Gasteiger partial charge on any atom is -0.207 e. The van der Waals surface area contributed by atoms with E-state index in [-0.39, 0.29) is 5.56 Å². The van der Waals surface area contributed by atoms with Crippen LogP contribution in [0, 0.1) is 24.5 Å². The van der Waals surface area contributed by atoms with Crippen LogP contribution in [0.1, 0.15) is 42.7 Å². The van der Waals surface area contributed by atoms with E-state index in [0.717, 1.165) is 31.2 Å². The smallest absolute Gasteiger partial charge is 0.129 e. The molecule has 0 saturated heterocycles. The first-order valence-electron chi connectivity index (χ1n) is 6.20. The van der Waals surface area contributed by atoms with Gasteiger partial charge in [-0.05, 0) is 62.1 Å². The van der Waals surface area contributed by atoms with E-state index in [0.29, 0.717) is 11.8 Å². The van der Waals surface area contributed by atoms with Crippen LogP contribution in [0.25, 0.3) is 0 Å². The zero-order chi connectivity index (χ0) is 12.4. The van der Waals surface area contributed by atoms with Crippen molar-refractivity contribution in [3.05, 3.63) is 47.5 Å². The molecule has 92 valence electrons. The van der Waals surface area contributed by atoms with Crippen molar-refractivity contribution in [1.29, 1.82) is 0 Å². The Morgan fingerprint density at radius 1 is 1.12 bits per heavy atom. The van der Waals surface area contributed by atoms with E-state index in [4.69, 9.17) is 0 Å². The molecule has 1 aromatic carbocycles. The Labute approximate surface area is 101 Å². The number of hydrogen-bond acceptors (Lipinski definition) is 0. The minimum atomic E-state index is -0.425. The standard InChI is InChI=1S/C15H18F2/c1-3-11-4-6-12(7-5-11)13-8-14(16)10(2)15(17)9-13/h3,8-9,11-12H,1,4-7H2,2H3. The van der Waals surface area contributed by atoms with Crippen molar-refractivity contribution in [3.63, 3.8) is 0 Å². The Hall–Kier alpha value is -1.18. The number of hydrogen-bond donors (Lipinski definition) is 0. The molecule has 0 nitrogen and oxygen atoms in total. The van der Waals surface area contributed by atoms with Crippen LogP contribution >= 0.6 is 0 Å². The van der Waals surface area contributed by atoms with E-state index in [1.807, 2.05) is 6.08 Å². The molecule has 0 amide bonds. The molecule has 2 rings (SSSR count). The molecule has 1 aromatic rings. The summed E-state index contributed by atoms with van der Waals surface area (Å²) in [4.78, 5) is 0. The fraction of sp³-hybridized carbons (Fsp3) is 0.467. The number of rotatable bonds is 2. The third-order valence-electron chi connectivity index (χ3n) is 3.88. The number of benzene rings is 1. The molecule has 1 saturated carbocycles. The van der Waals surface area contributed by atoms with Crippen molar-refractivity contribution in [2.24, 2.45) is 5.92 Å². The van der Waals surface area contributed by atoms with Crippen LogP contribution < -0.4 is 0 Å². The summed E-state index contributed by atoms with van der Waals surface area (Å²) in [6.45, 7) is 5.28. The molecule has 0 aromatic heterocycles. The van der Waals surface area contributed by atoms with E-state index >= 15 is 0 Å². The quantitative estimate of drug-likeness (QED) is 0.651. The summed E-state index contributed by atoms with van der Waals surface area (Å²) in [6, 6.07) is 2.99. The van der Waals surface area contributed by atoms with Gasteiger partial charge in [0, 0.05) is 5.56 Å². The molecule has 1 aliphatic rings. The van der Waals surface area contributed by atoms with Gasteiger partial charge in [0.2, 0.25) is 0 Å². The highest BCUT2D eigenvalue weighted by molar-refractivity contribution is 5.28. The topological polar surface area (TPSA) is 0 Å². The summed E-state index contributed by atoms with van der Waals surface area (Å²) in [5.74, 6) is 0.0267. The zero-order valence-electron chi connectivity index (χ0n) is 10.2. The van der Waals surface area contributed by atoms with Crippen LogP contribution in [0.3, 0.4) is 0 Å². The Kier molecular flexibility index (Phi) is 3.60. The Morgan fingerprint density at radius 3 is 2.12 bits per heavy atom. The van der Waals surface area contributed by atoms with Crippen molar-refractivity contribution >= 4 is 0 Å². The lowest BCUT2D eigenvalue weighted by molar-refractivity contribution is 0.374. The normalized spacial score (nSPS) is 24.6. The molecule has 0 aliphatic heterocycles. The molecule has 0 unspecified atom stereocenters. The predicted molar refractivity (Wildman–Crippen MR) is 66.0 cm³/mol. The Balaban J connectivity index is 2.16. The van der Waals surface area contributed by atoms with E-state index in [2.05, 4.69) is 6.58 Å². The first kappa shape index (κ1) is 12.3. The fourth-order valence-electron chi connectivity index (χ4n) is 2.59. The third kappa shape index (κ3) is 2.56. The molecule has 17 heavy (non-hydrogen) atoms.